The monoisotopic (exact) mass is 401 g/mol. The molecule has 0 aliphatic carbocycles. The van der Waals surface area contributed by atoms with Gasteiger partial charge >= 0.3 is 6.18 Å². The number of carbonyl (C=O) groups is 1. The Balaban J connectivity index is 1.39. The summed E-state index contributed by atoms with van der Waals surface area (Å²) in [5.41, 5.74) is 0.694. The highest BCUT2D eigenvalue weighted by Crippen LogP contribution is 2.31. The van der Waals surface area contributed by atoms with E-state index in [-0.39, 0.29) is 11.8 Å². The lowest BCUT2D eigenvalue weighted by molar-refractivity contribution is -0.137. The molecule has 2 aromatic heterocycles. The number of aromatic nitrogens is 2. The van der Waals surface area contributed by atoms with E-state index in [1.807, 2.05) is 41.2 Å². The summed E-state index contributed by atoms with van der Waals surface area (Å²) in [6.45, 7) is 0.776. The minimum absolute atomic E-state index is 0.0878. The number of nitrogens with zero attached hydrogens (tertiary/aromatic N) is 3. The molecule has 0 spiro atoms. The Morgan fingerprint density at radius 3 is 2.52 bits per heavy atom. The second-order valence-corrected chi connectivity index (χ2v) is 6.80. The van der Waals surface area contributed by atoms with Crippen LogP contribution in [0.4, 0.5) is 13.2 Å². The number of alkyl halides is 3. The smallest absolute Gasteiger partial charge is 0.416 e. The molecule has 0 saturated carbocycles. The molecule has 1 atom stereocenters. The van der Waals surface area contributed by atoms with Gasteiger partial charge in [0.2, 0.25) is 5.88 Å². The highest BCUT2D eigenvalue weighted by molar-refractivity contribution is 5.94. The van der Waals surface area contributed by atoms with Gasteiger partial charge in [-0.1, -0.05) is 0 Å². The van der Waals surface area contributed by atoms with Crippen molar-refractivity contribution in [2.75, 3.05) is 13.1 Å². The first kappa shape index (κ1) is 19.0. The maximum atomic E-state index is 12.8. The number of rotatable bonds is 4. The predicted molar refractivity (Wildman–Crippen MR) is 99.9 cm³/mol. The van der Waals surface area contributed by atoms with E-state index in [0.717, 1.165) is 24.0 Å². The minimum Gasteiger partial charge on any atom is -0.472 e. The van der Waals surface area contributed by atoms with E-state index in [2.05, 4.69) is 4.98 Å². The van der Waals surface area contributed by atoms with Crippen molar-refractivity contribution in [2.24, 2.45) is 0 Å². The molecule has 29 heavy (non-hydrogen) atoms. The molecule has 150 valence electrons. The molecule has 0 bridgehead atoms. The Morgan fingerprint density at radius 2 is 1.83 bits per heavy atom. The van der Waals surface area contributed by atoms with Crippen molar-refractivity contribution in [1.82, 2.24) is 14.5 Å². The van der Waals surface area contributed by atoms with Crippen LogP contribution in [-0.2, 0) is 6.18 Å². The van der Waals surface area contributed by atoms with Crippen LogP contribution >= 0.6 is 0 Å². The van der Waals surface area contributed by atoms with Crippen molar-refractivity contribution in [3.8, 4) is 11.6 Å². The van der Waals surface area contributed by atoms with Crippen LogP contribution in [0.5, 0.6) is 5.88 Å². The second kappa shape index (κ2) is 7.62. The van der Waals surface area contributed by atoms with Crippen LogP contribution in [0.15, 0.2) is 67.1 Å². The SMILES string of the molecule is O=C(c1ccc(-n2cccc2)cc1)N1CC[C@@H](Oc2cc(C(F)(F)F)ccn2)C1. The average molecular weight is 401 g/mol. The van der Waals surface area contributed by atoms with Crippen molar-refractivity contribution < 1.29 is 22.7 Å². The average Bonchev–Trinajstić information content (AvgIpc) is 3.39. The Labute approximate surface area is 165 Å². The summed E-state index contributed by atoms with van der Waals surface area (Å²) >= 11 is 0. The van der Waals surface area contributed by atoms with Crippen molar-refractivity contribution in [2.45, 2.75) is 18.7 Å². The van der Waals surface area contributed by atoms with Crippen LogP contribution < -0.4 is 4.74 Å². The van der Waals surface area contributed by atoms with Crippen molar-refractivity contribution in [3.63, 3.8) is 0 Å². The van der Waals surface area contributed by atoms with Crippen LogP contribution in [0.2, 0.25) is 0 Å². The summed E-state index contributed by atoms with van der Waals surface area (Å²) in [6, 6.07) is 12.9. The molecule has 0 N–H and O–H groups in total. The Kier molecular flexibility index (Phi) is 5.00. The van der Waals surface area contributed by atoms with Crippen molar-refractivity contribution in [1.29, 1.82) is 0 Å². The number of pyridine rings is 1. The normalized spacial score (nSPS) is 16.8. The van der Waals surface area contributed by atoms with Crippen LogP contribution in [0.3, 0.4) is 0 Å². The quantitative estimate of drug-likeness (QED) is 0.659. The van der Waals surface area contributed by atoms with E-state index in [1.165, 1.54) is 0 Å². The molecule has 4 rings (SSSR count). The number of likely N-dealkylation sites (tertiary alicyclic amines) is 1. The van der Waals surface area contributed by atoms with Gasteiger partial charge in [0.1, 0.15) is 6.10 Å². The van der Waals surface area contributed by atoms with Crippen LogP contribution in [0.25, 0.3) is 5.69 Å². The van der Waals surface area contributed by atoms with E-state index < -0.39 is 17.8 Å². The molecule has 8 heteroatoms. The zero-order valence-electron chi connectivity index (χ0n) is 15.3. The van der Waals surface area contributed by atoms with Crippen LogP contribution in [0, 0.1) is 0 Å². The zero-order valence-corrected chi connectivity index (χ0v) is 15.3. The van der Waals surface area contributed by atoms with Gasteiger partial charge in [0.25, 0.3) is 5.91 Å². The van der Waals surface area contributed by atoms with Gasteiger partial charge in [-0.2, -0.15) is 13.2 Å². The number of halogens is 3. The van der Waals surface area contributed by atoms with Gasteiger partial charge in [-0.15, -0.1) is 0 Å². The van der Waals surface area contributed by atoms with E-state index in [9.17, 15) is 18.0 Å². The minimum atomic E-state index is -4.45. The first-order chi connectivity index (χ1) is 13.9. The van der Waals surface area contributed by atoms with Gasteiger partial charge in [-0.3, -0.25) is 4.79 Å². The number of carbonyl (C=O) groups excluding carboxylic acids is 1. The molecule has 0 radical (unpaired) electrons. The topological polar surface area (TPSA) is 47.4 Å². The molecular weight excluding hydrogens is 383 g/mol. The van der Waals surface area contributed by atoms with E-state index in [4.69, 9.17) is 4.74 Å². The molecule has 1 aliphatic rings. The largest absolute Gasteiger partial charge is 0.472 e. The standard InChI is InChI=1S/C21H18F3N3O2/c22-21(23,24)16-7-9-25-19(13-16)29-18-8-12-27(14-18)20(28)15-3-5-17(6-4-15)26-10-1-2-11-26/h1-7,9-11,13,18H,8,12,14H2/t18-/m1/s1. The summed E-state index contributed by atoms with van der Waals surface area (Å²) in [4.78, 5) is 18.2. The van der Waals surface area contributed by atoms with E-state index in [0.29, 0.717) is 25.1 Å². The summed E-state index contributed by atoms with van der Waals surface area (Å²) < 4.78 is 46.0. The molecule has 0 unspecified atom stereocenters. The molecule has 1 amide bonds. The van der Waals surface area contributed by atoms with Gasteiger partial charge in [0.05, 0.1) is 12.1 Å². The summed E-state index contributed by atoms with van der Waals surface area (Å²) in [5, 5.41) is 0. The fourth-order valence-corrected chi connectivity index (χ4v) is 3.30. The molecular formula is C21H18F3N3O2. The number of benzene rings is 1. The highest BCUT2D eigenvalue weighted by atomic mass is 19.4. The first-order valence-corrected chi connectivity index (χ1v) is 9.13. The van der Waals surface area contributed by atoms with Gasteiger partial charge in [0.15, 0.2) is 0 Å². The highest BCUT2D eigenvalue weighted by Gasteiger charge is 2.32. The third kappa shape index (κ3) is 4.26. The lowest BCUT2D eigenvalue weighted by atomic mass is 10.2. The maximum absolute atomic E-state index is 12.8. The van der Waals surface area contributed by atoms with Gasteiger partial charge in [-0.25, -0.2) is 4.98 Å². The van der Waals surface area contributed by atoms with Gasteiger partial charge in [0, 0.05) is 48.9 Å². The zero-order chi connectivity index (χ0) is 20.4. The molecule has 3 aromatic rings. The summed E-state index contributed by atoms with van der Waals surface area (Å²) in [6.07, 6.45) is 0.593. The van der Waals surface area contributed by atoms with E-state index in [1.54, 1.807) is 17.0 Å². The molecule has 5 nitrogen and oxygen atoms in total. The number of hydrogen-bond acceptors (Lipinski definition) is 3. The van der Waals surface area contributed by atoms with E-state index >= 15 is 0 Å². The number of ether oxygens (including phenoxy) is 1. The Morgan fingerprint density at radius 1 is 1.10 bits per heavy atom. The Bertz CT molecular complexity index is 985. The third-order valence-corrected chi connectivity index (χ3v) is 4.80. The maximum Gasteiger partial charge on any atom is 0.416 e. The fraction of sp³-hybridized carbons (Fsp3) is 0.238. The van der Waals surface area contributed by atoms with Gasteiger partial charge < -0.3 is 14.2 Å². The first-order valence-electron chi connectivity index (χ1n) is 9.13. The second-order valence-electron chi connectivity index (χ2n) is 6.80. The molecule has 1 aromatic carbocycles. The predicted octanol–water partition coefficient (Wildman–Crippen LogP) is 4.18. The van der Waals surface area contributed by atoms with Crippen LogP contribution in [-0.4, -0.2) is 39.6 Å². The number of amides is 1. The van der Waals surface area contributed by atoms with Crippen LogP contribution in [0.1, 0.15) is 22.3 Å². The summed E-state index contributed by atoms with van der Waals surface area (Å²) in [7, 11) is 0. The molecule has 1 fully saturated rings. The number of hydrogen-bond donors (Lipinski definition) is 0. The Hall–Kier alpha value is -3.29. The molecule has 1 aliphatic heterocycles. The van der Waals surface area contributed by atoms with Gasteiger partial charge in [-0.05, 0) is 42.5 Å². The lowest BCUT2D eigenvalue weighted by Crippen LogP contribution is -2.31. The summed E-state index contributed by atoms with van der Waals surface area (Å²) in [5.74, 6) is -0.220. The lowest BCUT2D eigenvalue weighted by Gasteiger charge is -2.17. The molecule has 3 heterocycles. The van der Waals surface area contributed by atoms with Crippen molar-refractivity contribution >= 4 is 5.91 Å². The fourth-order valence-electron chi connectivity index (χ4n) is 3.30. The molecule has 1 saturated heterocycles. The third-order valence-electron chi connectivity index (χ3n) is 4.80. The van der Waals surface area contributed by atoms with Crippen molar-refractivity contribution in [3.05, 3.63) is 78.2 Å².